The normalized spacial score (nSPS) is 10.8. The van der Waals surface area contributed by atoms with Crippen molar-refractivity contribution >= 4 is 23.7 Å². The van der Waals surface area contributed by atoms with E-state index in [0.717, 1.165) is 0 Å². The van der Waals surface area contributed by atoms with Gasteiger partial charge in [-0.1, -0.05) is 27.0 Å². The highest BCUT2D eigenvalue weighted by Crippen LogP contribution is 2.26. The molecule has 7 heteroatoms. The molecule has 0 rings (SSSR count). The molecular formula is C18H28O7. The van der Waals surface area contributed by atoms with Gasteiger partial charge in [0.15, 0.2) is 0 Å². The highest BCUT2D eigenvalue weighted by Gasteiger charge is 2.29. The number of methoxy groups -OCH3 is 1. The van der Waals surface area contributed by atoms with E-state index in [1.807, 2.05) is 0 Å². The second-order valence-corrected chi connectivity index (χ2v) is 6.99. The van der Waals surface area contributed by atoms with E-state index in [2.05, 4.69) is 17.9 Å². The van der Waals surface area contributed by atoms with Crippen LogP contribution >= 0.6 is 0 Å². The molecule has 7 nitrogen and oxygen atoms in total. The minimum atomic E-state index is -1.15. The number of carboxylic acid groups (broad SMARTS) is 2. The molecule has 0 aromatic rings. The second-order valence-electron chi connectivity index (χ2n) is 6.99. The van der Waals surface area contributed by atoms with Gasteiger partial charge >= 0.3 is 17.9 Å². The Kier molecular flexibility index (Phi) is 9.68. The molecular weight excluding hydrogens is 328 g/mol. The Morgan fingerprint density at radius 2 is 1.28 bits per heavy atom. The predicted octanol–water partition coefficient (Wildman–Crippen LogP) is 2.85. The number of hydrogen-bond donors (Lipinski definition) is 2. The van der Waals surface area contributed by atoms with Crippen LogP contribution < -0.4 is 0 Å². The van der Waals surface area contributed by atoms with Crippen molar-refractivity contribution in [2.45, 2.75) is 47.5 Å². The Bertz CT molecular complexity index is 568. The highest BCUT2D eigenvalue weighted by atomic mass is 16.5. The first-order valence-electron chi connectivity index (χ1n) is 7.50. The molecule has 0 saturated carbocycles. The van der Waals surface area contributed by atoms with Crippen LogP contribution in [0.1, 0.15) is 47.5 Å². The molecule has 25 heavy (non-hydrogen) atoms. The fraction of sp³-hybridized carbons (Fsp3) is 0.556. The molecule has 0 radical (unpaired) electrons. The molecule has 0 aromatic carbocycles. The molecule has 0 unspecified atom stereocenters. The molecule has 0 bridgehead atoms. The number of rotatable bonds is 8. The highest BCUT2D eigenvalue weighted by molar-refractivity contribution is 5.90. The van der Waals surface area contributed by atoms with Gasteiger partial charge in [0.25, 0.3) is 0 Å². The first kappa shape index (κ1) is 24.8. The fourth-order valence-corrected chi connectivity index (χ4v) is 1.56. The molecule has 0 fully saturated rings. The summed E-state index contributed by atoms with van der Waals surface area (Å²) in [4.78, 5) is 42.9. The van der Waals surface area contributed by atoms with Crippen molar-refractivity contribution in [2.75, 3.05) is 7.11 Å². The predicted molar refractivity (Wildman–Crippen MR) is 93.0 cm³/mol. The zero-order chi connectivity index (χ0) is 20.6. The smallest absolute Gasteiger partial charge is 0.333 e. The van der Waals surface area contributed by atoms with Crippen LogP contribution in [0.3, 0.4) is 0 Å². The van der Waals surface area contributed by atoms with Crippen molar-refractivity contribution in [2.24, 2.45) is 10.8 Å². The van der Waals surface area contributed by atoms with E-state index in [1.165, 1.54) is 27.9 Å². The SMILES string of the molecule is C=C(CC(C)(C)C(=O)O)C(=O)O.C=C(CC(C)(C)C(C)=O)C(=O)OC. The van der Waals surface area contributed by atoms with Crippen LogP contribution in [0.4, 0.5) is 0 Å². The number of esters is 1. The largest absolute Gasteiger partial charge is 0.481 e. The maximum atomic E-state index is 11.1. The number of hydrogen-bond acceptors (Lipinski definition) is 5. The number of carbonyl (C=O) groups excluding carboxylic acids is 2. The van der Waals surface area contributed by atoms with Crippen molar-refractivity contribution in [3.8, 4) is 0 Å². The van der Waals surface area contributed by atoms with E-state index in [0.29, 0.717) is 12.0 Å². The van der Waals surface area contributed by atoms with Gasteiger partial charge in [0.05, 0.1) is 12.5 Å². The average Bonchev–Trinajstić information content (AvgIpc) is 2.45. The minimum Gasteiger partial charge on any atom is -0.481 e. The molecule has 0 spiro atoms. The quantitative estimate of drug-likeness (QED) is 0.507. The van der Waals surface area contributed by atoms with Crippen LogP contribution in [0.25, 0.3) is 0 Å². The Morgan fingerprint density at radius 1 is 0.880 bits per heavy atom. The minimum absolute atomic E-state index is 0.0394. The zero-order valence-electron chi connectivity index (χ0n) is 15.8. The van der Waals surface area contributed by atoms with E-state index >= 15 is 0 Å². The monoisotopic (exact) mass is 356 g/mol. The van der Waals surface area contributed by atoms with Crippen LogP contribution in [-0.2, 0) is 23.9 Å². The lowest BCUT2D eigenvalue weighted by molar-refractivity contribution is -0.147. The van der Waals surface area contributed by atoms with Crippen LogP contribution in [0.2, 0.25) is 0 Å². The van der Waals surface area contributed by atoms with Gasteiger partial charge in [-0.25, -0.2) is 9.59 Å². The van der Waals surface area contributed by atoms with Crippen LogP contribution in [0, 0.1) is 10.8 Å². The Balaban J connectivity index is 0. The third-order valence-corrected chi connectivity index (χ3v) is 3.62. The third kappa shape index (κ3) is 9.44. The molecule has 0 aliphatic rings. The number of carbonyl (C=O) groups is 4. The van der Waals surface area contributed by atoms with E-state index in [-0.39, 0.29) is 17.8 Å². The van der Waals surface area contributed by atoms with E-state index in [1.54, 1.807) is 13.8 Å². The molecule has 0 amide bonds. The van der Waals surface area contributed by atoms with Crippen molar-refractivity contribution in [1.29, 1.82) is 0 Å². The summed E-state index contributed by atoms with van der Waals surface area (Å²) in [6, 6.07) is 0. The molecule has 0 aromatic heterocycles. The van der Waals surface area contributed by atoms with Crippen LogP contribution in [-0.4, -0.2) is 41.0 Å². The molecule has 0 aliphatic carbocycles. The van der Waals surface area contributed by atoms with E-state index in [9.17, 15) is 19.2 Å². The maximum absolute atomic E-state index is 11.1. The lowest BCUT2D eigenvalue weighted by Crippen LogP contribution is -2.25. The van der Waals surface area contributed by atoms with Crippen molar-refractivity contribution in [3.05, 3.63) is 24.3 Å². The maximum Gasteiger partial charge on any atom is 0.333 e. The zero-order valence-corrected chi connectivity index (χ0v) is 15.8. The number of ether oxygens (including phenoxy) is 1. The van der Waals surface area contributed by atoms with Gasteiger partial charge < -0.3 is 14.9 Å². The summed E-state index contributed by atoms with van der Waals surface area (Å²) in [5.74, 6) is -2.58. The number of Topliss-reactive ketones (excluding diaryl/α,β-unsaturated/α-hetero) is 1. The summed E-state index contributed by atoms with van der Waals surface area (Å²) >= 11 is 0. The second kappa shape index (κ2) is 9.76. The van der Waals surface area contributed by atoms with E-state index < -0.39 is 28.7 Å². The lowest BCUT2D eigenvalue weighted by Gasteiger charge is -2.20. The van der Waals surface area contributed by atoms with Gasteiger partial charge in [-0.15, -0.1) is 0 Å². The molecule has 2 N–H and O–H groups in total. The first-order valence-corrected chi connectivity index (χ1v) is 7.50. The Morgan fingerprint density at radius 3 is 1.56 bits per heavy atom. The van der Waals surface area contributed by atoms with Crippen LogP contribution in [0.5, 0.6) is 0 Å². The molecule has 0 heterocycles. The Labute approximate surface area is 148 Å². The van der Waals surface area contributed by atoms with Gasteiger partial charge in [-0.3, -0.25) is 9.59 Å². The standard InChI is InChI=1S/C10H16O3.C8H12O4/c1-7(9(12)13-5)6-10(3,4)8(2)11;1-5(6(9)10)4-8(2,3)7(11)12/h1,6H2,2-5H3;1,4H2,2-3H3,(H,9,10)(H,11,12). The summed E-state index contributed by atoms with van der Waals surface area (Å²) in [5, 5.41) is 17.1. The third-order valence-electron chi connectivity index (χ3n) is 3.62. The average molecular weight is 356 g/mol. The van der Waals surface area contributed by atoms with Crippen molar-refractivity contribution in [3.63, 3.8) is 0 Å². The van der Waals surface area contributed by atoms with Crippen molar-refractivity contribution < 1.29 is 34.1 Å². The van der Waals surface area contributed by atoms with Gasteiger partial charge in [-0.05, 0) is 33.6 Å². The summed E-state index contributed by atoms with van der Waals surface area (Å²) in [6.45, 7) is 14.8. The van der Waals surface area contributed by atoms with Gasteiger partial charge in [0, 0.05) is 16.6 Å². The number of aliphatic carboxylic acids is 2. The van der Waals surface area contributed by atoms with Gasteiger partial charge in [0.1, 0.15) is 5.78 Å². The van der Waals surface area contributed by atoms with Crippen LogP contribution in [0.15, 0.2) is 24.3 Å². The van der Waals surface area contributed by atoms with E-state index in [4.69, 9.17) is 10.2 Å². The molecule has 0 aliphatic heterocycles. The number of carboxylic acids is 2. The summed E-state index contributed by atoms with van der Waals surface area (Å²) in [6.07, 6.45) is 0.298. The number of ketones is 1. The molecule has 142 valence electrons. The van der Waals surface area contributed by atoms with Gasteiger partial charge in [-0.2, -0.15) is 0 Å². The summed E-state index contributed by atoms with van der Waals surface area (Å²) in [5.41, 5.74) is -1.34. The summed E-state index contributed by atoms with van der Waals surface area (Å²) in [7, 11) is 1.30. The fourth-order valence-electron chi connectivity index (χ4n) is 1.56. The van der Waals surface area contributed by atoms with Crippen molar-refractivity contribution in [1.82, 2.24) is 0 Å². The van der Waals surface area contributed by atoms with Gasteiger partial charge in [0.2, 0.25) is 0 Å². The topological polar surface area (TPSA) is 118 Å². The molecule has 0 saturated heterocycles. The lowest BCUT2D eigenvalue weighted by atomic mass is 9.82. The summed E-state index contributed by atoms with van der Waals surface area (Å²) < 4.78 is 4.49. The Hall–Kier alpha value is -2.44. The molecule has 0 atom stereocenters. The first-order chi connectivity index (χ1) is 11.1.